The zero-order valence-corrected chi connectivity index (χ0v) is 16.4. The Balaban J connectivity index is 1.82. The summed E-state index contributed by atoms with van der Waals surface area (Å²) < 4.78 is 5.10. The number of hydrogen-bond acceptors (Lipinski definition) is 0. The number of rotatable bonds is 8. The molecular weight excluding hydrogens is 316 g/mol. The molecule has 0 fully saturated rings. The van der Waals surface area contributed by atoms with Gasteiger partial charge in [-0.15, -0.1) is 0 Å². The normalized spacial score (nSPS) is 11.0. The molecule has 2 nitrogen and oxygen atoms in total. The predicted octanol–water partition coefficient (Wildman–Crippen LogP) is 4.83. The molecule has 2 aromatic carbocycles. The van der Waals surface area contributed by atoms with Gasteiger partial charge in [0.05, 0.1) is 13.1 Å². The van der Waals surface area contributed by atoms with E-state index in [2.05, 4.69) is 90.6 Å². The number of imidazole rings is 1. The summed E-state index contributed by atoms with van der Waals surface area (Å²) in [5.41, 5.74) is 5.66. The van der Waals surface area contributed by atoms with Gasteiger partial charge in [0, 0.05) is 33.1 Å². The number of nitrogens with zero attached hydrogens (tertiary/aromatic N) is 2. The van der Waals surface area contributed by atoms with Gasteiger partial charge in [-0.25, -0.2) is 9.13 Å². The van der Waals surface area contributed by atoms with Crippen LogP contribution >= 0.6 is 0 Å². The fourth-order valence-corrected chi connectivity index (χ4v) is 3.78. The average molecular weight is 348 g/mol. The Bertz CT molecular complexity index is 749. The third-order valence-corrected chi connectivity index (χ3v) is 5.36. The molecule has 0 radical (unpaired) electrons. The second kappa shape index (κ2) is 8.84. The molecule has 136 valence electrons. The summed E-state index contributed by atoms with van der Waals surface area (Å²) >= 11 is 0. The molecule has 1 aromatic heterocycles. The molecule has 0 unspecified atom stereocenters. The molecule has 0 aliphatic rings. The van der Waals surface area contributed by atoms with Crippen molar-refractivity contribution in [3.05, 3.63) is 89.0 Å². The van der Waals surface area contributed by atoms with E-state index in [4.69, 9.17) is 0 Å². The molecule has 0 N–H and O–H groups in total. The lowest BCUT2D eigenvalue weighted by molar-refractivity contribution is -0.709. The Morgan fingerprint density at radius 2 is 1.35 bits per heavy atom. The van der Waals surface area contributed by atoms with E-state index >= 15 is 0 Å². The van der Waals surface area contributed by atoms with Gasteiger partial charge < -0.3 is 0 Å². The van der Waals surface area contributed by atoms with Crippen molar-refractivity contribution in [2.75, 3.05) is 0 Å². The van der Waals surface area contributed by atoms with Gasteiger partial charge in [0.1, 0.15) is 11.4 Å². The fraction of sp³-hybridized carbons (Fsp3) is 0.375. The van der Waals surface area contributed by atoms with E-state index in [9.17, 15) is 0 Å². The van der Waals surface area contributed by atoms with Crippen LogP contribution in [-0.2, 0) is 32.4 Å². The SMILES string of the molecule is CCCc1n(CCc2ccccc2)c(C)c(C)[n+]1CCc1ccccc1. The van der Waals surface area contributed by atoms with E-state index in [1.165, 1.54) is 34.8 Å². The standard InChI is InChI=1S/C24H31N2/c1-4-11-24-25(18-16-22-12-7-5-8-13-22)20(2)21(3)26(24)19-17-23-14-9-6-10-15-23/h5-10,12-15H,4,11,16-19H2,1-3H3/q+1. The first-order chi connectivity index (χ1) is 12.7. The van der Waals surface area contributed by atoms with Crippen molar-refractivity contribution in [2.45, 2.75) is 59.5 Å². The van der Waals surface area contributed by atoms with E-state index in [-0.39, 0.29) is 0 Å². The highest BCUT2D eigenvalue weighted by Crippen LogP contribution is 2.13. The van der Waals surface area contributed by atoms with Crippen molar-refractivity contribution in [2.24, 2.45) is 0 Å². The molecule has 26 heavy (non-hydrogen) atoms. The van der Waals surface area contributed by atoms with Crippen molar-refractivity contribution in [3.8, 4) is 0 Å². The van der Waals surface area contributed by atoms with Crippen LogP contribution in [0.15, 0.2) is 60.7 Å². The van der Waals surface area contributed by atoms with Crippen LogP contribution in [-0.4, -0.2) is 4.57 Å². The summed E-state index contributed by atoms with van der Waals surface area (Å²) in [7, 11) is 0. The summed E-state index contributed by atoms with van der Waals surface area (Å²) in [5, 5.41) is 0. The quantitative estimate of drug-likeness (QED) is 0.516. The number of hydrogen-bond donors (Lipinski definition) is 0. The van der Waals surface area contributed by atoms with Gasteiger partial charge in [0.25, 0.3) is 5.82 Å². The molecule has 3 rings (SSSR count). The van der Waals surface area contributed by atoms with E-state index in [0.29, 0.717) is 0 Å². The van der Waals surface area contributed by atoms with Crippen LogP contribution in [0, 0.1) is 13.8 Å². The second-order valence-corrected chi connectivity index (χ2v) is 7.11. The summed E-state index contributed by atoms with van der Waals surface area (Å²) in [6.07, 6.45) is 4.49. The topological polar surface area (TPSA) is 8.81 Å². The van der Waals surface area contributed by atoms with E-state index in [1.807, 2.05) is 0 Å². The third-order valence-electron chi connectivity index (χ3n) is 5.36. The largest absolute Gasteiger partial charge is 0.256 e. The highest BCUT2D eigenvalue weighted by Gasteiger charge is 2.24. The van der Waals surface area contributed by atoms with Gasteiger partial charge in [0.2, 0.25) is 0 Å². The van der Waals surface area contributed by atoms with Crippen molar-refractivity contribution in [1.29, 1.82) is 0 Å². The van der Waals surface area contributed by atoms with Gasteiger partial charge in [-0.2, -0.15) is 0 Å². The number of aromatic nitrogens is 2. The van der Waals surface area contributed by atoms with Crippen LogP contribution in [0.5, 0.6) is 0 Å². The van der Waals surface area contributed by atoms with Crippen molar-refractivity contribution < 1.29 is 4.57 Å². The first kappa shape index (κ1) is 18.4. The van der Waals surface area contributed by atoms with Gasteiger partial charge in [-0.05, 0) is 17.5 Å². The summed E-state index contributed by atoms with van der Waals surface area (Å²) in [6.45, 7) is 8.95. The van der Waals surface area contributed by atoms with Crippen molar-refractivity contribution in [3.63, 3.8) is 0 Å². The van der Waals surface area contributed by atoms with Crippen LogP contribution in [0.4, 0.5) is 0 Å². The fourth-order valence-electron chi connectivity index (χ4n) is 3.78. The highest BCUT2D eigenvalue weighted by molar-refractivity contribution is 5.16. The molecule has 0 amide bonds. The first-order valence-corrected chi connectivity index (χ1v) is 9.87. The molecule has 0 spiro atoms. The van der Waals surface area contributed by atoms with Crippen LogP contribution in [0.25, 0.3) is 0 Å². The molecule has 0 saturated carbocycles. The monoisotopic (exact) mass is 347 g/mol. The first-order valence-electron chi connectivity index (χ1n) is 9.87. The maximum absolute atomic E-state index is 2.55. The number of benzene rings is 2. The summed E-state index contributed by atoms with van der Waals surface area (Å²) in [5.74, 6) is 1.48. The van der Waals surface area contributed by atoms with Crippen molar-refractivity contribution >= 4 is 0 Å². The average Bonchev–Trinajstić information content (AvgIpc) is 2.90. The van der Waals surface area contributed by atoms with Gasteiger partial charge in [0.15, 0.2) is 0 Å². The van der Waals surface area contributed by atoms with Crippen LogP contribution in [0.2, 0.25) is 0 Å². The lowest BCUT2D eigenvalue weighted by Gasteiger charge is -2.06. The summed E-state index contributed by atoms with van der Waals surface area (Å²) in [6, 6.07) is 21.6. The lowest BCUT2D eigenvalue weighted by atomic mass is 10.1. The smallest absolute Gasteiger partial charge is 0.231 e. The molecule has 0 aliphatic carbocycles. The molecule has 3 aromatic rings. The molecule has 0 atom stereocenters. The maximum atomic E-state index is 2.55. The number of aryl methyl sites for hydroxylation is 2. The molecule has 2 heteroatoms. The minimum Gasteiger partial charge on any atom is -0.231 e. The Kier molecular flexibility index (Phi) is 6.27. The van der Waals surface area contributed by atoms with Crippen molar-refractivity contribution in [1.82, 2.24) is 4.57 Å². The van der Waals surface area contributed by atoms with Gasteiger partial charge >= 0.3 is 0 Å². The second-order valence-electron chi connectivity index (χ2n) is 7.11. The third kappa shape index (κ3) is 4.24. The zero-order valence-electron chi connectivity index (χ0n) is 16.4. The van der Waals surface area contributed by atoms with Gasteiger partial charge in [-0.1, -0.05) is 67.6 Å². The Labute approximate surface area is 158 Å². The maximum Gasteiger partial charge on any atom is 0.256 e. The Morgan fingerprint density at radius 3 is 1.92 bits per heavy atom. The Hall–Kier alpha value is -2.35. The molecule has 0 saturated heterocycles. The lowest BCUT2D eigenvalue weighted by Crippen LogP contribution is -2.41. The van der Waals surface area contributed by atoms with Crippen LogP contribution in [0.1, 0.15) is 41.7 Å². The summed E-state index contributed by atoms with van der Waals surface area (Å²) in [4.78, 5) is 0. The molecule has 0 bridgehead atoms. The van der Waals surface area contributed by atoms with Gasteiger partial charge in [-0.3, -0.25) is 0 Å². The predicted molar refractivity (Wildman–Crippen MR) is 108 cm³/mol. The van der Waals surface area contributed by atoms with Crippen LogP contribution < -0.4 is 4.57 Å². The molecule has 0 aliphatic heterocycles. The highest BCUT2D eigenvalue weighted by atomic mass is 15.2. The van der Waals surface area contributed by atoms with E-state index < -0.39 is 0 Å². The molecular formula is C24H31N2+. The van der Waals surface area contributed by atoms with Crippen LogP contribution in [0.3, 0.4) is 0 Å². The van der Waals surface area contributed by atoms with E-state index in [1.54, 1.807) is 0 Å². The minimum atomic E-state index is 1.06. The molecule has 1 heterocycles. The zero-order chi connectivity index (χ0) is 18.4. The van der Waals surface area contributed by atoms with E-state index in [0.717, 1.165) is 32.4 Å². The Morgan fingerprint density at radius 1 is 0.769 bits per heavy atom. The minimum absolute atomic E-state index is 1.06.